The molecule has 7 heteroatoms. The number of piperidine rings is 1. The van der Waals surface area contributed by atoms with Crippen LogP contribution in [-0.2, 0) is 5.41 Å². The first kappa shape index (κ1) is 22.9. The van der Waals surface area contributed by atoms with Crippen LogP contribution < -0.4 is 5.32 Å². The summed E-state index contributed by atoms with van der Waals surface area (Å²) in [5.74, 6) is 0.160. The molecule has 7 rings (SSSR count). The first-order valence-corrected chi connectivity index (χ1v) is 13.4. The lowest BCUT2D eigenvalue weighted by molar-refractivity contribution is 0.299. The summed E-state index contributed by atoms with van der Waals surface area (Å²) in [6.45, 7) is 2.09. The second-order valence-corrected chi connectivity index (χ2v) is 10.9. The fourth-order valence-corrected chi connectivity index (χ4v) is 6.69. The third-order valence-electron chi connectivity index (χ3n) is 8.08. The molecular formula is C30H25Cl2N5. The number of aromatic nitrogens is 4. The van der Waals surface area contributed by atoms with Gasteiger partial charge >= 0.3 is 0 Å². The van der Waals surface area contributed by atoms with E-state index in [1.807, 2.05) is 53.2 Å². The van der Waals surface area contributed by atoms with E-state index in [9.17, 15) is 0 Å². The minimum absolute atomic E-state index is 0.160. The lowest BCUT2D eigenvalue weighted by Crippen LogP contribution is -2.38. The zero-order chi connectivity index (χ0) is 25.0. The molecular weight excluding hydrogens is 501 g/mol. The summed E-state index contributed by atoms with van der Waals surface area (Å²) in [6, 6.07) is 24.5. The molecule has 1 aliphatic heterocycles. The number of rotatable bonds is 3. The molecule has 1 unspecified atom stereocenters. The van der Waals surface area contributed by atoms with Crippen molar-refractivity contribution in [3.05, 3.63) is 106 Å². The Morgan fingerprint density at radius 2 is 1.59 bits per heavy atom. The Morgan fingerprint density at radius 1 is 0.838 bits per heavy atom. The Hall–Kier alpha value is -3.25. The molecule has 0 saturated carbocycles. The highest BCUT2D eigenvalue weighted by Gasteiger charge is 2.45. The van der Waals surface area contributed by atoms with Gasteiger partial charge in [-0.15, -0.1) is 0 Å². The van der Waals surface area contributed by atoms with Crippen LogP contribution in [0.2, 0.25) is 10.0 Å². The van der Waals surface area contributed by atoms with Crippen molar-refractivity contribution in [1.82, 2.24) is 25.1 Å². The maximum atomic E-state index is 6.68. The molecule has 0 amide bonds. The molecule has 37 heavy (non-hydrogen) atoms. The van der Waals surface area contributed by atoms with Gasteiger partial charge in [0.15, 0.2) is 0 Å². The smallest absolute Gasteiger partial charge is 0.134 e. The quantitative estimate of drug-likeness (QED) is 0.277. The number of fused-ring (bicyclic) bond motifs is 3. The van der Waals surface area contributed by atoms with Gasteiger partial charge in [0.1, 0.15) is 23.1 Å². The number of para-hydroxylation sites is 1. The zero-order valence-electron chi connectivity index (χ0n) is 20.2. The van der Waals surface area contributed by atoms with Crippen molar-refractivity contribution < 1.29 is 0 Å². The fourth-order valence-electron chi connectivity index (χ4n) is 6.35. The lowest BCUT2D eigenvalue weighted by atomic mass is 9.73. The summed E-state index contributed by atoms with van der Waals surface area (Å²) < 4.78 is 1.91. The van der Waals surface area contributed by atoms with E-state index in [-0.39, 0.29) is 11.3 Å². The molecule has 3 aromatic carbocycles. The van der Waals surface area contributed by atoms with Gasteiger partial charge < -0.3 is 5.32 Å². The highest BCUT2D eigenvalue weighted by molar-refractivity contribution is 6.32. The van der Waals surface area contributed by atoms with E-state index in [0.717, 1.165) is 66.0 Å². The first-order chi connectivity index (χ1) is 18.1. The van der Waals surface area contributed by atoms with Crippen LogP contribution in [0.15, 0.2) is 79.1 Å². The maximum absolute atomic E-state index is 6.68. The van der Waals surface area contributed by atoms with Gasteiger partial charge in [-0.05, 0) is 73.2 Å². The molecule has 1 N–H and O–H groups in total. The molecule has 0 radical (unpaired) electrons. The van der Waals surface area contributed by atoms with Crippen LogP contribution in [0.25, 0.3) is 28.0 Å². The van der Waals surface area contributed by atoms with Gasteiger partial charge in [0.2, 0.25) is 0 Å². The molecule has 184 valence electrons. The predicted molar refractivity (Wildman–Crippen MR) is 149 cm³/mol. The van der Waals surface area contributed by atoms with E-state index in [4.69, 9.17) is 38.3 Å². The summed E-state index contributed by atoms with van der Waals surface area (Å²) >= 11 is 12.9. The van der Waals surface area contributed by atoms with Gasteiger partial charge in [0.25, 0.3) is 0 Å². The van der Waals surface area contributed by atoms with Crippen molar-refractivity contribution in [1.29, 1.82) is 0 Å². The van der Waals surface area contributed by atoms with Crippen molar-refractivity contribution in [2.45, 2.75) is 30.6 Å². The number of nitrogens with zero attached hydrogens (tertiary/aromatic N) is 4. The average molecular weight is 526 g/mol. The molecule has 1 saturated heterocycles. The Labute approximate surface area is 225 Å². The number of benzene rings is 3. The first-order valence-electron chi connectivity index (χ1n) is 12.7. The van der Waals surface area contributed by atoms with Gasteiger partial charge in [-0.2, -0.15) is 5.10 Å². The summed E-state index contributed by atoms with van der Waals surface area (Å²) in [6.07, 6.45) is 5.00. The third kappa shape index (κ3) is 3.68. The summed E-state index contributed by atoms with van der Waals surface area (Å²) in [4.78, 5) is 9.65. The predicted octanol–water partition coefficient (Wildman–Crippen LogP) is 6.95. The molecule has 3 heterocycles. The number of hydrogen-bond acceptors (Lipinski definition) is 4. The molecule has 2 aromatic heterocycles. The minimum atomic E-state index is 0.160. The highest BCUT2D eigenvalue weighted by Crippen LogP contribution is 2.53. The molecule has 2 aliphatic rings. The van der Waals surface area contributed by atoms with E-state index >= 15 is 0 Å². The number of nitrogens with one attached hydrogen (secondary N) is 1. The van der Waals surface area contributed by atoms with Crippen LogP contribution in [-0.4, -0.2) is 32.8 Å². The third-order valence-corrected chi connectivity index (χ3v) is 8.65. The van der Waals surface area contributed by atoms with Crippen molar-refractivity contribution in [3.63, 3.8) is 0 Å². The highest BCUT2D eigenvalue weighted by atomic mass is 35.5. The molecule has 5 aromatic rings. The van der Waals surface area contributed by atoms with E-state index in [2.05, 4.69) is 29.6 Å². The summed E-state index contributed by atoms with van der Waals surface area (Å²) in [5, 5.41) is 10.0. The van der Waals surface area contributed by atoms with Crippen molar-refractivity contribution in [3.8, 4) is 16.9 Å². The molecule has 1 aliphatic carbocycles. The van der Waals surface area contributed by atoms with Crippen LogP contribution >= 0.6 is 23.2 Å². The summed E-state index contributed by atoms with van der Waals surface area (Å²) in [7, 11) is 0. The Bertz CT molecular complexity index is 1620. The van der Waals surface area contributed by atoms with Gasteiger partial charge in [0.05, 0.1) is 16.4 Å². The lowest BCUT2D eigenvalue weighted by Gasteiger charge is -2.35. The topological polar surface area (TPSA) is 55.6 Å². The second kappa shape index (κ2) is 8.95. The summed E-state index contributed by atoms with van der Waals surface area (Å²) in [5.41, 5.74) is 8.28. The van der Waals surface area contributed by atoms with E-state index in [1.165, 1.54) is 11.1 Å². The molecule has 1 spiro atoms. The Kier molecular flexibility index (Phi) is 5.54. The fraction of sp³-hybridized carbons (Fsp3) is 0.233. The van der Waals surface area contributed by atoms with Crippen molar-refractivity contribution in [2.24, 2.45) is 0 Å². The van der Waals surface area contributed by atoms with Gasteiger partial charge in [-0.1, -0.05) is 71.7 Å². The standard InChI is InChI=1S/C30H25Cl2N5/c31-20-11-9-19(10-12-20)29-28-27(36-37(29)25-8-4-3-7-24(25)32)26(34-18-35-28)22-17-30(13-15-33-16-14-30)23-6-2-1-5-21(22)23/h1-12,18,22,33H,13-17H2. The number of hydrogen-bond donors (Lipinski definition) is 1. The van der Waals surface area contributed by atoms with Crippen LogP contribution in [0.3, 0.4) is 0 Å². The molecule has 0 bridgehead atoms. The van der Waals surface area contributed by atoms with Crippen LogP contribution in [0.5, 0.6) is 0 Å². The Morgan fingerprint density at radius 3 is 2.41 bits per heavy atom. The molecule has 1 atom stereocenters. The minimum Gasteiger partial charge on any atom is -0.317 e. The van der Waals surface area contributed by atoms with Crippen LogP contribution in [0, 0.1) is 0 Å². The van der Waals surface area contributed by atoms with E-state index < -0.39 is 0 Å². The van der Waals surface area contributed by atoms with Gasteiger partial charge in [-0.3, -0.25) is 0 Å². The normalized spacial score (nSPS) is 18.4. The Balaban J connectivity index is 1.47. The van der Waals surface area contributed by atoms with E-state index in [0.29, 0.717) is 10.0 Å². The largest absolute Gasteiger partial charge is 0.317 e. The number of halogens is 2. The average Bonchev–Trinajstić information content (AvgIpc) is 3.46. The van der Waals surface area contributed by atoms with Crippen LogP contribution in [0.1, 0.15) is 42.0 Å². The monoisotopic (exact) mass is 525 g/mol. The van der Waals surface area contributed by atoms with E-state index in [1.54, 1.807) is 6.33 Å². The second-order valence-electron chi connectivity index (χ2n) is 10.0. The SMILES string of the molecule is Clc1ccc(-c2c3ncnc(C4CC5(CCNCC5)c5ccccc54)c3nn2-c2ccccc2Cl)cc1. The van der Waals surface area contributed by atoms with Crippen LogP contribution in [0.4, 0.5) is 0 Å². The zero-order valence-corrected chi connectivity index (χ0v) is 21.7. The van der Waals surface area contributed by atoms with Crippen molar-refractivity contribution >= 4 is 34.2 Å². The van der Waals surface area contributed by atoms with Gasteiger partial charge in [-0.25, -0.2) is 14.6 Å². The molecule has 1 fully saturated rings. The molecule has 5 nitrogen and oxygen atoms in total. The van der Waals surface area contributed by atoms with Crippen molar-refractivity contribution in [2.75, 3.05) is 13.1 Å². The van der Waals surface area contributed by atoms with Gasteiger partial charge in [0, 0.05) is 16.5 Å². The maximum Gasteiger partial charge on any atom is 0.134 e.